The summed E-state index contributed by atoms with van der Waals surface area (Å²) in [4.78, 5) is 0. The van der Waals surface area contributed by atoms with Gasteiger partial charge >= 0.3 is 6.00 Å². The highest BCUT2D eigenvalue weighted by Crippen LogP contribution is 2.40. The first-order valence-electron chi connectivity index (χ1n) is 6.60. The van der Waals surface area contributed by atoms with E-state index in [2.05, 4.69) is 55.5 Å². The lowest BCUT2D eigenvalue weighted by Crippen LogP contribution is -2.26. The van der Waals surface area contributed by atoms with E-state index >= 15 is 0 Å². The largest absolute Gasteiger partial charge is 0.341 e. The predicted molar refractivity (Wildman–Crippen MR) is 92.1 cm³/mol. The first-order valence-corrected chi connectivity index (χ1v) is 11.8. The van der Waals surface area contributed by atoms with E-state index in [0.717, 1.165) is 6.42 Å². The van der Waals surface area contributed by atoms with Gasteiger partial charge in [0.2, 0.25) is 0 Å². The Morgan fingerprint density at radius 3 is 1.55 bits per heavy atom. The van der Waals surface area contributed by atoms with Gasteiger partial charge in [-0.1, -0.05) is 67.6 Å². The quantitative estimate of drug-likeness (QED) is 0.458. The standard InChI is InChI=1S/C16H17Cl3Si/c1-16(12-13-20(17,18)19,14-8-4-2-5-9-14)15-10-6-3-7-11-15/h2-11H,12-13H2,1H3. The Labute approximate surface area is 135 Å². The van der Waals surface area contributed by atoms with Crippen LogP contribution in [-0.4, -0.2) is 6.00 Å². The smallest absolute Gasteiger partial charge is 0.126 e. The lowest BCUT2D eigenvalue weighted by atomic mass is 9.74. The molecule has 0 amide bonds. The van der Waals surface area contributed by atoms with Crippen LogP contribution in [0.15, 0.2) is 60.7 Å². The molecule has 0 fully saturated rings. The number of benzene rings is 2. The van der Waals surface area contributed by atoms with Crippen LogP contribution < -0.4 is 0 Å². The van der Waals surface area contributed by atoms with E-state index in [1.54, 1.807) is 0 Å². The summed E-state index contributed by atoms with van der Waals surface area (Å²) >= 11 is 18.3. The minimum Gasteiger partial charge on any atom is -0.126 e. The summed E-state index contributed by atoms with van der Waals surface area (Å²) in [5.74, 6) is 0. The molecule has 0 nitrogen and oxygen atoms in total. The Morgan fingerprint density at radius 1 is 0.800 bits per heavy atom. The van der Waals surface area contributed by atoms with Gasteiger partial charge in [-0.3, -0.25) is 0 Å². The zero-order valence-electron chi connectivity index (χ0n) is 11.3. The maximum absolute atomic E-state index is 6.08. The zero-order valence-corrected chi connectivity index (χ0v) is 14.6. The van der Waals surface area contributed by atoms with E-state index < -0.39 is 6.00 Å². The molecule has 0 N–H and O–H groups in total. The van der Waals surface area contributed by atoms with Crippen molar-refractivity contribution < 1.29 is 0 Å². The molecule has 0 aliphatic carbocycles. The van der Waals surface area contributed by atoms with E-state index in [9.17, 15) is 0 Å². The molecule has 2 rings (SSSR count). The molecule has 0 atom stereocenters. The molecular weight excluding hydrogens is 327 g/mol. The monoisotopic (exact) mass is 342 g/mol. The molecule has 4 heteroatoms. The van der Waals surface area contributed by atoms with E-state index in [1.807, 2.05) is 12.1 Å². The SMILES string of the molecule is CC(CC[Si](Cl)(Cl)Cl)(c1ccccc1)c1ccccc1. The summed E-state index contributed by atoms with van der Waals surface area (Å²) in [6, 6.07) is 18.9. The Morgan fingerprint density at radius 2 is 1.20 bits per heavy atom. The normalized spacial score (nSPS) is 12.4. The highest BCUT2D eigenvalue weighted by atomic mass is 35.8. The third-order valence-corrected chi connectivity index (χ3v) is 6.25. The van der Waals surface area contributed by atoms with Crippen LogP contribution in [0.5, 0.6) is 0 Å². The number of rotatable bonds is 5. The van der Waals surface area contributed by atoms with Crippen LogP contribution in [0.1, 0.15) is 24.5 Å². The number of hydrogen-bond acceptors (Lipinski definition) is 0. The van der Waals surface area contributed by atoms with Crippen molar-refractivity contribution in [3.8, 4) is 0 Å². The second-order valence-electron chi connectivity index (χ2n) is 5.18. The zero-order chi connectivity index (χ0) is 14.6. The molecular formula is C16H17Cl3Si. The van der Waals surface area contributed by atoms with Gasteiger partial charge in [-0.2, -0.15) is 0 Å². The second-order valence-corrected chi connectivity index (χ2v) is 14.5. The summed E-state index contributed by atoms with van der Waals surface area (Å²) in [6.07, 6.45) is 0.837. The highest BCUT2D eigenvalue weighted by Gasteiger charge is 2.34. The fourth-order valence-electron chi connectivity index (χ4n) is 2.46. The van der Waals surface area contributed by atoms with E-state index in [4.69, 9.17) is 33.2 Å². The summed E-state index contributed by atoms with van der Waals surface area (Å²) < 4.78 is 0. The molecule has 0 saturated heterocycles. The number of hydrogen-bond donors (Lipinski definition) is 0. The van der Waals surface area contributed by atoms with Crippen LogP contribution in [-0.2, 0) is 5.41 Å². The van der Waals surface area contributed by atoms with Crippen LogP contribution in [0.4, 0.5) is 0 Å². The molecule has 0 aliphatic heterocycles. The molecule has 0 saturated carbocycles. The van der Waals surface area contributed by atoms with Gasteiger partial charge in [0.15, 0.2) is 0 Å². The summed E-state index contributed by atoms with van der Waals surface area (Å²) in [5.41, 5.74) is 2.39. The van der Waals surface area contributed by atoms with E-state index in [0.29, 0.717) is 6.04 Å². The van der Waals surface area contributed by atoms with Crippen molar-refractivity contribution >= 4 is 39.2 Å². The molecule has 0 unspecified atom stereocenters. The van der Waals surface area contributed by atoms with Crippen molar-refractivity contribution in [3.05, 3.63) is 71.8 Å². The van der Waals surface area contributed by atoms with Gasteiger partial charge in [0.1, 0.15) is 0 Å². The van der Waals surface area contributed by atoms with Gasteiger partial charge in [-0.05, 0) is 23.6 Å². The molecule has 0 spiro atoms. The summed E-state index contributed by atoms with van der Waals surface area (Å²) in [7, 11) is 0. The van der Waals surface area contributed by atoms with Crippen LogP contribution in [0.3, 0.4) is 0 Å². The van der Waals surface area contributed by atoms with E-state index in [1.165, 1.54) is 11.1 Å². The van der Waals surface area contributed by atoms with Gasteiger partial charge in [-0.25, -0.2) is 0 Å². The van der Waals surface area contributed by atoms with Gasteiger partial charge in [0.25, 0.3) is 0 Å². The minimum absolute atomic E-state index is 0.126. The molecule has 2 aromatic carbocycles. The fraction of sp³-hybridized carbons (Fsp3) is 0.250. The molecule has 0 bridgehead atoms. The molecule has 0 radical (unpaired) electrons. The predicted octanol–water partition coefficient (Wildman–Crippen LogP) is 6.04. The van der Waals surface area contributed by atoms with Crippen molar-refractivity contribution in [2.75, 3.05) is 0 Å². The van der Waals surface area contributed by atoms with E-state index in [-0.39, 0.29) is 5.41 Å². The molecule has 0 aromatic heterocycles. The lowest BCUT2D eigenvalue weighted by molar-refractivity contribution is 0.548. The van der Waals surface area contributed by atoms with Crippen molar-refractivity contribution in [2.45, 2.75) is 24.8 Å². The molecule has 20 heavy (non-hydrogen) atoms. The fourth-order valence-corrected chi connectivity index (χ4v) is 4.09. The Kier molecular flexibility index (Phi) is 5.19. The van der Waals surface area contributed by atoms with Gasteiger partial charge < -0.3 is 0 Å². The number of halogens is 3. The first-order chi connectivity index (χ1) is 9.42. The van der Waals surface area contributed by atoms with Crippen LogP contribution in [0.2, 0.25) is 6.04 Å². The van der Waals surface area contributed by atoms with Crippen molar-refractivity contribution in [3.63, 3.8) is 0 Å². The Hall–Kier alpha value is -0.473. The Balaban J connectivity index is 2.39. The minimum atomic E-state index is -2.62. The van der Waals surface area contributed by atoms with Crippen LogP contribution in [0.25, 0.3) is 0 Å². The van der Waals surface area contributed by atoms with Gasteiger partial charge in [0, 0.05) is 5.41 Å². The van der Waals surface area contributed by atoms with Gasteiger partial charge in [-0.15, -0.1) is 33.2 Å². The van der Waals surface area contributed by atoms with Crippen LogP contribution in [0, 0.1) is 0 Å². The second kappa shape index (κ2) is 6.53. The first kappa shape index (κ1) is 15.9. The van der Waals surface area contributed by atoms with Crippen molar-refractivity contribution in [1.82, 2.24) is 0 Å². The highest BCUT2D eigenvalue weighted by molar-refractivity contribution is 7.64. The van der Waals surface area contributed by atoms with Crippen molar-refractivity contribution in [1.29, 1.82) is 0 Å². The summed E-state index contributed by atoms with van der Waals surface area (Å²) in [5, 5.41) is 0. The average Bonchev–Trinajstić information content (AvgIpc) is 2.46. The van der Waals surface area contributed by atoms with Gasteiger partial charge in [0.05, 0.1) is 0 Å². The average molecular weight is 344 g/mol. The third-order valence-electron chi connectivity index (χ3n) is 3.73. The molecule has 106 valence electrons. The Bertz CT molecular complexity index is 495. The summed E-state index contributed by atoms with van der Waals surface area (Å²) in [6.45, 7) is 2.22. The lowest BCUT2D eigenvalue weighted by Gasteiger charge is -2.32. The molecule has 0 heterocycles. The molecule has 2 aromatic rings. The third kappa shape index (κ3) is 4.02. The van der Waals surface area contributed by atoms with Crippen LogP contribution >= 0.6 is 33.2 Å². The maximum atomic E-state index is 6.08. The van der Waals surface area contributed by atoms with Crippen molar-refractivity contribution in [2.24, 2.45) is 0 Å². The topological polar surface area (TPSA) is 0 Å². The molecule has 0 aliphatic rings. The maximum Gasteiger partial charge on any atom is 0.341 e.